The second kappa shape index (κ2) is 25.7. The fraction of sp³-hybridized carbons (Fsp3) is 0.909. The number of carbonyl (C=O) groups excluding carboxylic acids is 1. The molecular formula is C33H66NO6P. The number of rotatable bonds is 29. The first-order valence-electron chi connectivity index (χ1n) is 16.8. The zero-order chi connectivity index (χ0) is 30.8. The van der Waals surface area contributed by atoms with E-state index in [0.29, 0.717) is 12.8 Å². The molecule has 0 aliphatic rings. The van der Waals surface area contributed by atoms with E-state index in [1.807, 2.05) is 0 Å². The van der Waals surface area contributed by atoms with Crippen LogP contribution in [0.1, 0.15) is 149 Å². The minimum absolute atomic E-state index is 0.221. The van der Waals surface area contributed by atoms with Crippen molar-refractivity contribution >= 4 is 13.6 Å². The predicted molar refractivity (Wildman–Crippen MR) is 170 cm³/mol. The van der Waals surface area contributed by atoms with Gasteiger partial charge in [0.25, 0.3) is 0 Å². The molecule has 0 aromatic heterocycles. The minimum Gasteiger partial charge on any atom is -0.774 e. The quantitative estimate of drug-likeness (QED) is 0.0304. The van der Waals surface area contributed by atoms with Crippen LogP contribution in [0.4, 0.5) is 0 Å². The van der Waals surface area contributed by atoms with Gasteiger partial charge in [0.1, 0.15) is 12.7 Å². The Labute approximate surface area is 253 Å². The molecule has 1 N–H and O–H groups in total. The molecule has 0 rings (SSSR count). The van der Waals surface area contributed by atoms with E-state index in [2.05, 4.69) is 19.1 Å². The third kappa shape index (κ3) is 24.4. The van der Waals surface area contributed by atoms with Crippen molar-refractivity contribution in [3.05, 3.63) is 12.2 Å². The summed E-state index contributed by atoms with van der Waals surface area (Å²) in [5, 5.41) is 9.99. The van der Waals surface area contributed by atoms with Crippen molar-refractivity contribution in [1.29, 1.82) is 0 Å². The van der Waals surface area contributed by atoms with E-state index in [1.54, 1.807) is 28.1 Å². The van der Waals surface area contributed by atoms with Crippen molar-refractivity contribution in [2.45, 2.75) is 161 Å². The molecule has 0 aromatic carbocycles. The molecule has 0 spiro atoms. The molecule has 0 bridgehead atoms. The molecule has 0 aromatic rings. The summed E-state index contributed by atoms with van der Waals surface area (Å²) in [6, 6.07) is 0. The molecule has 0 fully saturated rings. The third-order valence-electron chi connectivity index (χ3n) is 7.65. The van der Waals surface area contributed by atoms with Crippen molar-refractivity contribution in [1.82, 2.24) is 0 Å². The highest BCUT2D eigenvalue weighted by molar-refractivity contribution is 7.51. The first kappa shape index (κ1) is 40.3. The third-order valence-corrected chi connectivity index (χ3v) is 9.95. The Morgan fingerprint density at radius 3 is 1.63 bits per heavy atom. The molecule has 0 aliphatic heterocycles. The molecule has 0 heterocycles. The first-order valence-corrected chi connectivity index (χ1v) is 18.4. The van der Waals surface area contributed by atoms with E-state index in [9.17, 15) is 19.4 Å². The van der Waals surface area contributed by atoms with Gasteiger partial charge in [-0.3, -0.25) is 4.79 Å². The number of aliphatic hydroxyl groups excluding tert-OH is 1. The van der Waals surface area contributed by atoms with Crippen LogP contribution < -0.4 is 4.89 Å². The van der Waals surface area contributed by atoms with Crippen molar-refractivity contribution in [3.8, 4) is 0 Å². The number of allylic oxidation sites excluding steroid dienone is 2. The van der Waals surface area contributed by atoms with Crippen LogP contribution in [0, 0.1) is 0 Å². The Balaban J connectivity index is 3.57. The number of quaternary nitrogens is 1. The smallest absolute Gasteiger partial charge is 0.305 e. The van der Waals surface area contributed by atoms with Gasteiger partial charge in [-0.15, -0.1) is 0 Å². The van der Waals surface area contributed by atoms with Crippen molar-refractivity contribution in [2.75, 3.05) is 34.4 Å². The van der Waals surface area contributed by atoms with Gasteiger partial charge in [-0.2, -0.15) is 0 Å². The summed E-state index contributed by atoms with van der Waals surface area (Å²) >= 11 is 0. The minimum atomic E-state index is -4.16. The number of carbonyl (C=O) groups is 1. The zero-order valence-electron chi connectivity index (χ0n) is 27.5. The molecule has 41 heavy (non-hydrogen) atoms. The molecule has 244 valence electrons. The van der Waals surface area contributed by atoms with Crippen LogP contribution in [0.5, 0.6) is 0 Å². The topological polar surface area (TPSA) is 95.9 Å². The van der Waals surface area contributed by atoms with Crippen molar-refractivity contribution < 1.29 is 33.1 Å². The number of hydrogen-bond acceptors (Lipinski definition) is 6. The van der Waals surface area contributed by atoms with Gasteiger partial charge in [0, 0.05) is 12.8 Å². The average molecular weight is 604 g/mol. The second-order valence-electron chi connectivity index (χ2n) is 12.6. The lowest BCUT2D eigenvalue weighted by Crippen LogP contribution is -2.47. The van der Waals surface area contributed by atoms with Gasteiger partial charge in [-0.25, -0.2) is 0 Å². The molecule has 7 nitrogen and oxygen atoms in total. The highest BCUT2D eigenvalue weighted by atomic mass is 31.2. The Kier molecular flexibility index (Phi) is 25.3. The number of esters is 1. The van der Waals surface area contributed by atoms with Gasteiger partial charge in [0.15, 0.2) is 13.4 Å². The summed E-state index contributed by atoms with van der Waals surface area (Å²) in [7, 11) is 1.21. The van der Waals surface area contributed by atoms with E-state index >= 15 is 0 Å². The first-order chi connectivity index (χ1) is 19.5. The summed E-state index contributed by atoms with van der Waals surface area (Å²) in [4.78, 5) is 24.4. The molecule has 0 radical (unpaired) electrons. The molecule has 0 saturated carbocycles. The number of nitrogens with zero attached hydrogens (tertiary/aromatic N) is 1. The van der Waals surface area contributed by atoms with Gasteiger partial charge >= 0.3 is 5.97 Å². The molecule has 0 aliphatic carbocycles. The van der Waals surface area contributed by atoms with Crippen molar-refractivity contribution in [2.24, 2.45) is 0 Å². The molecule has 8 heteroatoms. The number of ether oxygens (including phenoxy) is 1. The van der Waals surface area contributed by atoms with Crippen molar-refractivity contribution in [3.63, 3.8) is 0 Å². The number of aliphatic hydroxyl groups is 1. The average Bonchev–Trinajstić information content (AvgIpc) is 2.91. The Bertz CT molecular complexity index is 694. The van der Waals surface area contributed by atoms with E-state index < -0.39 is 26.1 Å². The van der Waals surface area contributed by atoms with Gasteiger partial charge in [0.05, 0.1) is 27.7 Å². The molecule has 0 saturated heterocycles. The maximum atomic E-state index is 12.4. The van der Waals surface area contributed by atoms with E-state index in [0.717, 1.165) is 25.7 Å². The largest absolute Gasteiger partial charge is 0.774 e. The monoisotopic (exact) mass is 603 g/mol. The standard InChI is InChI=1S/C33H66NO6P/c1-6-8-9-10-11-12-13-14-15-16-17-18-19-20-21-22-23-24-25-26-27-28-33(36)39-29-31(35)30-40-41(37,38)32(7-2)34(3,4)5/h19-20,31-32,35H,6-18,21-30H2,1-5H3/b20-19-/t31-,32?/m1/s1. The Morgan fingerprint density at radius 1 is 0.756 bits per heavy atom. The maximum absolute atomic E-state index is 12.4. The summed E-state index contributed by atoms with van der Waals surface area (Å²) in [5.41, 5.74) is 0. The fourth-order valence-electron chi connectivity index (χ4n) is 5.18. The Hall–Kier alpha value is -0.720. The SMILES string of the molecule is CCCCCCCCCCCCC/C=C\CCCCCCCCC(=O)OC[C@@H](O)COP(=O)([O-])C(CC)[N+](C)(C)C. The van der Waals surface area contributed by atoms with Crippen LogP contribution in [0.2, 0.25) is 0 Å². The summed E-state index contributed by atoms with van der Waals surface area (Å²) in [6.45, 7) is 3.40. The van der Waals surface area contributed by atoms with Crippen LogP contribution >= 0.6 is 7.60 Å². The van der Waals surface area contributed by atoms with E-state index in [4.69, 9.17) is 9.26 Å². The van der Waals surface area contributed by atoms with Gasteiger partial charge in [-0.1, -0.05) is 116 Å². The molecule has 0 amide bonds. The van der Waals surface area contributed by atoms with Crippen LogP contribution in [0.25, 0.3) is 0 Å². The van der Waals surface area contributed by atoms with Crippen LogP contribution in [0.15, 0.2) is 12.2 Å². The zero-order valence-corrected chi connectivity index (χ0v) is 28.4. The predicted octanol–water partition coefficient (Wildman–Crippen LogP) is 8.28. The number of unbranched alkanes of at least 4 members (excludes halogenated alkanes) is 17. The van der Waals surface area contributed by atoms with E-state index in [-0.39, 0.29) is 17.1 Å². The van der Waals surface area contributed by atoms with Gasteiger partial charge in [0.2, 0.25) is 0 Å². The van der Waals surface area contributed by atoms with Gasteiger partial charge in [-0.05, 0) is 32.1 Å². The maximum Gasteiger partial charge on any atom is 0.305 e. The highest BCUT2D eigenvalue weighted by Gasteiger charge is 2.34. The lowest BCUT2D eigenvalue weighted by Gasteiger charge is -2.41. The van der Waals surface area contributed by atoms with Crippen LogP contribution in [-0.4, -0.2) is 61.8 Å². The summed E-state index contributed by atoms with van der Waals surface area (Å²) in [6.07, 6.45) is 28.4. The summed E-state index contributed by atoms with van der Waals surface area (Å²) < 4.78 is 22.8. The number of hydrogen-bond donors (Lipinski definition) is 1. The van der Waals surface area contributed by atoms with Gasteiger partial charge < -0.3 is 28.3 Å². The normalized spacial score (nSPS) is 15.2. The lowest BCUT2D eigenvalue weighted by molar-refractivity contribution is -0.884. The highest BCUT2D eigenvalue weighted by Crippen LogP contribution is 2.47. The summed E-state index contributed by atoms with van der Waals surface area (Å²) in [5.74, 6) is -1.06. The molecular weight excluding hydrogens is 537 g/mol. The Morgan fingerprint density at radius 2 is 1.20 bits per heavy atom. The molecule has 2 unspecified atom stereocenters. The second-order valence-corrected chi connectivity index (χ2v) is 14.6. The molecule has 3 atom stereocenters. The van der Waals surface area contributed by atoms with Crippen LogP contribution in [-0.2, 0) is 18.6 Å². The fourth-order valence-corrected chi connectivity index (χ4v) is 7.03. The van der Waals surface area contributed by atoms with E-state index in [1.165, 1.54) is 96.3 Å². The van der Waals surface area contributed by atoms with Crippen LogP contribution in [0.3, 0.4) is 0 Å². The lowest BCUT2D eigenvalue weighted by atomic mass is 10.0.